The molecule has 0 aromatic heterocycles. The summed E-state index contributed by atoms with van der Waals surface area (Å²) in [6, 6.07) is 15.3. The van der Waals surface area contributed by atoms with Gasteiger partial charge in [0.2, 0.25) is 0 Å². The predicted molar refractivity (Wildman–Crippen MR) is 98.4 cm³/mol. The van der Waals surface area contributed by atoms with Gasteiger partial charge in [-0.1, -0.05) is 48.5 Å². The smallest absolute Gasteiger partial charge is 0.156 e. The van der Waals surface area contributed by atoms with Crippen LogP contribution in [0.5, 0.6) is 0 Å². The van der Waals surface area contributed by atoms with E-state index in [1.165, 1.54) is 16.3 Å². The van der Waals surface area contributed by atoms with E-state index in [1.54, 1.807) is 16.0 Å². The number of nitrogens with zero attached hydrogens (tertiary/aromatic N) is 1. The fourth-order valence-electron chi connectivity index (χ4n) is 2.86. The van der Waals surface area contributed by atoms with Crippen molar-refractivity contribution in [2.24, 2.45) is 0 Å². The first-order valence-corrected chi connectivity index (χ1v) is 10.3. The number of benzene rings is 2. The summed E-state index contributed by atoms with van der Waals surface area (Å²) in [6.45, 7) is 2.37. The summed E-state index contributed by atoms with van der Waals surface area (Å²) in [5.74, 6) is 0.182. The molecule has 4 heteroatoms. The van der Waals surface area contributed by atoms with E-state index >= 15 is 0 Å². The lowest BCUT2D eigenvalue weighted by atomic mass is 9.93. The molecule has 0 saturated heterocycles. The highest BCUT2D eigenvalue weighted by Gasteiger charge is 2.27. The number of hydrogen-bond donors (Lipinski definition) is 0. The van der Waals surface area contributed by atoms with Crippen LogP contribution >= 0.6 is 30.3 Å². The van der Waals surface area contributed by atoms with Crippen molar-refractivity contribution in [3.8, 4) is 0 Å². The minimum Gasteiger partial charge on any atom is -0.295 e. The van der Waals surface area contributed by atoms with Crippen LogP contribution in [0.2, 0.25) is 0 Å². The van der Waals surface area contributed by atoms with E-state index in [0.29, 0.717) is 6.04 Å². The molecule has 0 bridgehead atoms. The quantitative estimate of drug-likeness (QED) is 0.520. The lowest BCUT2D eigenvalue weighted by Gasteiger charge is -2.33. The van der Waals surface area contributed by atoms with Crippen LogP contribution in [-0.4, -0.2) is 16.6 Å². The molecule has 0 amide bonds. The van der Waals surface area contributed by atoms with E-state index in [-0.39, 0.29) is 5.78 Å². The molecule has 1 aliphatic rings. The van der Waals surface area contributed by atoms with Gasteiger partial charge < -0.3 is 0 Å². The van der Waals surface area contributed by atoms with Gasteiger partial charge in [-0.3, -0.25) is 4.79 Å². The van der Waals surface area contributed by atoms with Crippen molar-refractivity contribution in [2.45, 2.75) is 19.4 Å². The Labute approximate surface area is 141 Å². The zero-order valence-corrected chi connectivity index (χ0v) is 14.7. The number of Topliss-reactive ketones (excluding diaryl/α,β-unsaturated/α-hetero) is 1. The topological polar surface area (TPSA) is 20.3 Å². The highest BCUT2D eigenvalue weighted by Crippen LogP contribution is 2.40. The summed E-state index contributed by atoms with van der Waals surface area (Å²) in [7, 11) is 1.69. The molecule has 3 rings (SSSR count). The van der Waals surface area contributed by atoms with Crippen LogP contribution in [0, 0.1) is 0 Å². The van der Waals surface area contributed by atoms with E-state index in [2.05, 4.69) is 74.1 Å². The molecule has 0 saturated carbocycles. The predicted octanol–water partition coefficient (Wildman–Crippen LogP) is 5.10. The molecule has 2 nitrogen and oxygen atoms in total. The van der Waals surface area contributed by atoms with Gasteiger partial charge in [-0.2, -0.15) is 0 Å². The molecular formula is C17H16INOS. The highest BCUT2D eigenvalue weighted by molar-refractivity contribution is 14.2. The zero-order chi connectivity index (χ0) is 14.8. The van der Waals surface area contributed by atoms with Crippen LogP contribution in [0.1, 0.15) is 24.9 Å². The van der Waals surface area contributed by atoms with Crippen LogP contribution in [0.4, 0.5) is 0 Å². The van der Waals surface area contributed by atoms with Crippen molar-refractivity contribution in [3.63, 3.8) is 0 Å². The second kappa shape index (κ2) is 6.50. The van der Waals surface area contributed by atoms with Crippen LogP contribution in [0.15, 0.2) is 54.1 Å². The number of hydrogen-bond acceptors (Lipinski definition) is 3. The minimum atomic E-state index is 0.182. The second-order valence-electron chi connectivity index (χ2n) is 5.25. The molecule has 21 heavy (non-hydrogen) atoms. The Morgan fingerprint density at radius 3 is 2.76 bits per heavy atom. The van der Waals surface area contributed by atoms with Gasteiger partial charge >= 0.3 is 0 Å². The van der Waals surface area contributed by atoms with E-state index in [1.807, 2.05) is 0 Å². The number of ketones is 1. The van der Waals surface area contributed by atoms with Crippen LogP contribution < -0.4 is 0 Å². The van der Waals surface area contributed by atoms with Gasteiger partial charge in [-0.15, -0.1) is 0 Å². The van der Waals surface area contributed by atoms with E-state index in [0.717, 1.165) is 18.5 Å². The summed E-state index contributed by atoms with van der Waals surface area (Å²) in [5.41, 5.74) is 2.27. The summed E-state index contributed by atoms with van der Waals surface area (Å²) < 4.78 is 2.30. The maximum Gasteiger partial charge on any atom is 0.156 e. The molecule has 2 aromatic carbocycles. The Balaban J connectivity index is 2.04. The van der Waals surface area contributed by atoms with Crippen LogP contribution in [0.25, 0.3) is 10.8 Å². The molecule has 1 heterocycles. The Hall–Kier alpha value is -0.850. The number of carbonyl (C=O) groups excluding carboxylic acids is 1. The molecule has 108 valence electrons. The molecule has 0 radical (unpaired) electrons. The fourth-order valence-corrected chi connectivity index (χ4v) is 4.59. The van der Waals surface area contributed by atoms with Gasteiger partial charge in [0.1, 0.15) is 0 Å². The van der Waals surface area contributed by atoms with Gasteiger partial charge in [0.25, 0.3) is 0 Å². The molecule has 0 fully saturated rings. The van der Waals surface area contributed by atoms with Gasteiger partial charge in [0, 0.05) is 33.3 Å². The Kier molecular flexibility index (Phi) is 4.66. The minimum absolute atomic E-state index is 0.182. The average Bonchev–Trinajstić information content (AvgIpc) is 2.53. The third kappa shape index (κ3) is 3.03. The number of fused-ring (bicyclic) bond motifs is 1. The number of carbonyl (C=O) groups is 1. The normalized spacial score (nSPS) is 19.5. The van der Waals surface area contributed by atoms with Crippen molar-refractivity contribution in [1.82, 2.24) is 4.31 Å². The average molecular weight is 409 g/mol. The maximum absolute atomic E-state index is 11.6. The van der Waals surface area contributed by atoms with Crippen molar-refractivity contribution in [2.75, 3.05) is 6.54 Å². The standard InChI is InChI=1S/C17H16INOS/c1-12(20)14-9-10-17(19(11-14)21-18)16-8-4-6-13-5-2-3-7-15(13)16/h2-9,17H,10-11H2,1H3. The van der Waals surface area contributed by atoms with Gasteiger partial charge in [0.15, 0.2) is 5.78 Å². The first-order valence-electron chi connectivity index (χ1n) is 6.93. The summed E-state index contributed by atoms with van der Waals surface area (Å²) in [5, 5.41) is 2.58. The number of rotatable bonds is 3. The van der Waals surface area contributed by atoms with E-state index in [4.69, 9.17) is 0 Å². The molecule has 0 spiro atoms. The first-order chi connectivity index (χ1) is 10.2. The summed E-state index contributed by atoms with van der Waals surface area (Å²) in [6.07, 6.45) is 3.00. The maximum atomic E-state index is 11.6. The Morgan fingerprint density at radius 1 is 1.24 bits per heavy atom. The molecular weight excluding hydrogens is 393 g/mol. The van der Waals surface area contributed by atoms with Crippen molar-refractivity contribution < 1.29 is 4.79 Å². The third-order valence-corrected chi connectivity index (χ3v) is 6.06. The Bertz CT molecular complexity index is 708. The van der Waals surface area contributed by atoms with Crippen LogP contribution in [0.3, 0.4) is 0 Å². The largest absolute Gasteiger partial charge is 0.295 e. The van der Waals surface area contributed by atoms with E-state index < -0.39 is 0 Å². The molecule has 1 unspecified atom stereocenters. The van der Waals surface area contributed by atoms with Gasteiger partial charge in [0.05, 0.1) is 6.04 Å². The van der Waals surface area contributed by atoms with Gasteiger partial charge in [-0.05, 0) is 38.8 Å². The Morgan fingerprint density at radius 2 is 2.00 bits per heavy atom. The SMILES string of the molecule is CC(=O)C1=CCC(c2cccc3ccccc23)N(SI)C1. The summed E-state index contributed by atoms with van der Waals surface area (Å²) >= 11 is 2.31. The van der Waals surface area contributed by atoms with Crippen LogP contribution in [-0.2, 0) is 4.79 Å². The molecule has 2 aromatic rings. The lowest BCUT2D eigenvalue weighted by Crippen LogP contribution is -2.28. The number of halogens is 1. The third-order valence-electron chi connectivity index (χ3n) is 3.98. The van der Waals surface area contributed by atoms with Crippen molar-refractivity contribution >= 4 is 46.9 Å². The monoisotopic (exact) mass is 409 g/mol. The first kappa shape index (κ1) is 15.1. The molecule has 0 N–H and O–H groups in total. The van der Waals surface area contributed by atoms with Crippen molar-refractivity contribution in [3.05, 3.63) is 59.7 Å². The lowest BCUT2D eigenvalue weighted by molar-refractivity contribution is -0.113. The second-order valence-corrected chi connectivity index (χ2v) is 7.04. The summed E-state index contributed by atoms with van der Waals surface area (Å²) in [4.78, 5) is 11.6. The molecule has 1 aliphatic heterocycles. The fraction of sp³-hybridized carbons (Fsp3) is 0.235. The molecule has 0 aliphatic carbocycles. The van der Waals surface area contributed by atoms with Gasteiger partial charge in [-0.25, -0.2) is 4.31 Å². The van der Waals surface area contributed by atoms with E-state index in [9.17, 15) is 4.79 Å². The van der Waals surface area contributed by atoms with Crippen molar-refractivity contribution in [1.29, 1.82) is 0 Å². The zero-order valence-electron chi connectivity index (χ0n) is 11.8. The molecule has 1 atom stereocenters. The highest BCUT2D eigenvalue weighted by atomic mass is 127.